The van der Waals surface area contributed by atoms with Crippen LogP contribution >= 0.6 is 0 Å². The van der Waals surface area contributed by atoms with Gasteiger partial charge in [-0.15, -0.1) is 0 Å². The first-order valence-electron chi connectivity index (χ1n) is 12.0. The van der Waals surface area contributed by atoms with Crippen molar-refractivity contribution >= 4 is 22.8 Å². The first-order chi connectivity index (χ1) is 17.8. The molecule has 4 aromatic rings. The highest BCUT2D eigenvalue weighted by atomic mass is 19.1. The summed E-state index contributed by atoms with van der Waals surface area (Å²) < 4.78 is 29.6. The molecule has 10 heteroatoms. The molecule has 0 bridgehead atoms. The third-order valence-electron chi connectivity index (χ3n) is 6.63. The molecule has 1 saturated heterocycles. The summed E-state index contributed by atoms with van der Waals surface area (Å²) in [4.78, 5) is 23.0. The van der Waals surface area contributed by atoms with Crippen LogP contribution in [0.25, 0.3) is 27.8 Å². The maximum atomic E-state index is 14.7. The van der Waals surface area contributed by atoms with Crippen molar-refractivity contribution in [3.8, 4) is 22.9 Å². The smallest absolute Gasteiger partial charge is 0.354 e. The van der Waals surface area contributed by atoms with Crippen molar-refractivity contribution in [2.45, 2.75) is 32.6 Å². The largest absolute Gasteiger partial charge is 0.477 e. The van der Waals surface area contributed by atoms with Crippen LogP contribution in [0.4, 0.5) is 14.6 Å². The maximum Gasteiger partial charge on any atom is 0.354 e. The predicted molar refractivity (Wildman–Crippen MR) is 134 cm³/mol. The minimum atomic E-state index is -1.24. The van der Waals surface area contributed by atoms with Gasteiger partial charge in [0.25, 0.3) is 0 Å². The van der Waals surface area contributed by atoms with Crippen LogP contribution in [0, 0.1) is 28.9 Å². The summed E-state index contributed by atoms with van der Waals surface area (Å²) >= 11 is 0. The maximum absolute atomic E-state index is 14.7. The van der Waals surface area contributed by atoms with Gasteiger partial charge in [0.2, 0.25) is 0 Å². The van der Waals surface area contributed by atoms with Crippen LogP contribution in [-0.2, 0) is 0 Å². The van der Waals surface area contributed by atoms with Gasteiger partial charge in [0.05, 0.1) is 17.1 Å². The Morgan fingerprint density at radius 3 is 2.51 bits per heavy atom. The molecule has 0 saturated carbocycles. The molecular weight excluding hydrogens is 478 g/mol. The Labute approximate surface area is 211 Å². The van der Waals surface area contributed by atoms with E-state index in [1.807, 2.05) is 26.0 Å². The zero-order chi connectivity index (χ0) is 26.3. The van der Waals surface area contributed by atoms with E-state index in [4.69, 9.17) is 5.26 Å². The number of anilines is 1. The number of halogens is 2. The SMILES string of the molecule is CC(C)c1nn(-c2ccc(F)cc2F)c2nc(C(=O)O)cc(-c3ccc(N4CCC(C#N)CC4)nc3)c12. The van der Waals surface area contributed by atoms with Crippen molar-refractivity contribution in [1.82, 2.24) is 19.7 Å². The van der Waals surface area contributed by atoms with Crippen molar-refractivity contribution < 1.29 is 18.7 Å². The molecule has 1 aliphatic rings. The number of carboxylic acid groups (broad SMARTS) is 1. The van der Waals surface area contributed by atoms with Gasteiger partial charge in [0, 0.05) is 36.8 Å². The lowest BCUT2D eigenvalue weighted by atomic mass is 9.97. The van der Waals surface area contributed by atoms with E-state index in [0.29, 0.717) is 22.2 Å². The van der Waals surface area contributed by atoms with Gasteiger partial charge in [-0.05, 0) is 54.7 Å². The molecule has 5 rings (SSSR count). The van der Waals surface area contributed by atoms with Crippen molar-refractivity contribution in [1.29, 1.82) is 5.26 Å². The number of aromatic carboxylic acids is 1. The van der Waals surface area contributed by atoms with Gasteiger partial charge in [0.1, 0.15) is 17.3 Å². The van der Waals surface area contributed by atoms with Gasteiger partial charge in [-0.2, -0.15) is 10.4 Å². The van der Waals surface area contributed by atoms with Crippen LogP contribution in [0.15, 0.2) is 42.6 Å². The minimum absolute atomic E-state index is 0.0338. The van der Waals surface area contributed by atoms with E-state index in [-0.39, 0.29) is 28.9 Å². The normalized spacial score (nSPS) is 14.3. The number of benzene rings is 1. The Kier molecular flexibility index (Phi) is 6.29. The van der Waals surface area contributed by atoms with Crippen LogP contribution in [0.1, 0.15) is 48.8 Å². The highest BCUT2D eigenvalue weighted by Crippen LogP contribution is 2.36. The second kappa shape index (κ2) is 9.58. The molecular formula is C27H24F2N6O2. The number of carbonyl (C=O) groups is 1. The van der Waals surface area contributed by atoms with Gasteiger partial charge >= 0.3 is 5.97 Å². The molecule has 0 amide bonds. The molecule has 0 spiro atoms. The summed E-state index contributed by atoms with van der Waals surface area (Å²) in [7, 11) is 0. The lowest BCUT2D eigenvalue weighted by molar-refractivity contribution is 0.0691. The molecule has 1 aromatic carbocycles. The molecule has 0 aliphatic carbocycles. The molecule has 37 heavy (non-hydrogen) atoms. The summed E-state index contributed by atoms with van der Waals surface area (Å²) in [5.41, 5.74) is 1.71. The monoisotopic (exact) mass is 502 g/mol. The number of pyridine rings is 2. The zero-order valence-electron chi connectivity index (χ0n) is 20.3. The van der Waals surface area contributed by atoms with E-state index < -0.39 is 17.6 Å². The average molecular weight is 503 g/mol. The standard InChI is InChI=1S/C27H24F2N6O2/c1-15(2)25-24-19(17-3-6-23(31-14-17)34-9-7-16(13-30)8-10-34)12-21(27(36)37)32-26(24)35(33-25)22-5-4-18(28)11-20(22)29/h3-6,11-12,14-16H,7-10H2,1-2H3,(H,36,37). The van der Waals surface area contributed by atoms with E-state index in [9.17, 15) is 18.7 Å². The molecule has 0 atom stereocenters. The van der Waals surface area contributed by atoms with Gasteiger partial charge in [-0.1, -0.05) is 13.8 Å². The summed E-state index contributed by atoms with van der Waals surface area (Å²) in [5.74, 6) is -2.08. The van der Waals surface area contributed by atoms with Gasteiger partial charge < -0.3 is 10.0 Å². The fraction of sp³-hybridized carbons (Fsp3) is 0.296. The fourth-order valence-electron chi connectivity index (χ4n) is 4.67. The van der Waals surface area contributed by atoms with Crippen molar-refractivity contribution in [3.63, 3.8) is 0 Å². The Bertz CT molecular complexity index is 1530. The zero-order valence-corrected chi connectivity index (χ0v) is 20.3. The highest BCUT2D eigenvalue weighted by Gasteiger charge is 2.25. The van der Waals surface area contributed by atoms with E-state index in [2.05, 4.69) is 26.0 Å². The van der Waals surface area contributed by atoms with Crippen LogP contribution in [0.3, 0.4) is 0 Å². The number of hydrogen-bond acceptors (Lipinski definition) is 6. The molecule has 4 heterocycles. The Morgan fingerprint density at radius 1 is 1.16 bits per heavy atom. The predicted octanol–water partition coefficient (Wildman–Crippen LogP) is 5.32. The molecule has 1 fully saturated rings. The second-order valence-corrected chi connectivity index (χ2v) is 9.40. The molecule has 3 aromatic heterocycles. The summed E-state index contributed by atoms with van der Waals surface area (Å²) in [6, 6.07) is 10.6. The molecule has 1 aliphatic heterocycles. The third kappa shape index (κ3) is 4.48. The summed E-state index contributed by atoms with van der Waals surface area (Å²) in [6.45, 7) is 5.32. The van der Waals surface area contributed by atoms with Crippen LogP contribution < -0.4 is 4.90 Å². The first kappa shape index (κ1) is 24.3. The Morgan fingerprint density at radius 2 is 1.92 bits per heavy atom. The fourth-order valence-corrected chi connectivity index (χ4v) is 4.67. The lowest BCUT2D eigenvalue weighted by Gasteiger charge is -2.30. The van der Waals surface area contributed by atoms with Crippen molar-refractivity contribution in [3.05, 3.63) is 65.6 Å². The molecule has 188 valence electrons. The topological polar surface area (TPSA) is 108 Å². The number of hydrogen-bond donors (Lipinski definition) is 1. The quantitative estimate of drug-likeness (QED) is 0.393. The molecule has 0 radical (unpaired) electrons. The molecule has 1 N–H and O–H groups in total. The minimum Gasteiger partial charge on any atom is -0.477 e. The Balaban J connectivity index is 1.66. The second-order valence-electron chi connectivity index (χ2n) is 9.40. The van der Waals surface area contributed by atoms with Crippen LogP contribution in [0.5, 0.6) is 0 Å². The number of carboxylic acids is 1. The van der Waals surface area contributed by atoms with Crippen molar-refractivity contribution in [2.24, 2.45) is 5.92 Å². The van der Waals surface area contributed by atoms with Gasteiger partial charge in [-0.3, -0.25) is 0 Å². The Hall–Kier alpha value is -4.39. The number of fused-ring (bicyclic) bond motifs is 1. The highest BCUT2D eigenvalue weighted by molar-refractivity contribution is 6.00. The summed E-state index contributed by atoms with van der Waals surface area (Å²) in [5, 5.41) is 24.1. The van der Waals surface area contributed by atoms with E-state index in [1.165, 1.54) is 16.8 Å². The number of nitriles is 1. The van der Waals surface area contributed by atoms with E-state index in [1.54, 1.807) is 6.20 Å². The van der Waals surface area contributed by atoms with Gasteiger partial charge in [-0.25, -0.2) is 28.2 Å². The van der Waals surface area contributed by atoms with E-state index >= 15 is 0 Å². The van der Waals surface area contributed by atoms with Crippen LogP contribution in [0.2, 0.25) is 0 Å². The van der Waals surface area contributed by atoms with Crippen LogP contribution in [-0.4, -0.2) is 43.9 Å². The van der Waals surface area contributed by atoms with E-state index in [0.717, 1.165) is 43.9 Å². The number of nitrogens with zero attached hydrogens (tertiary/aromatic N) is 6. The number of aromatic nitrogens is 4. The van der Waals surface area contributed by atoms with Gasteiger partial charge in [0.15, 0.2) is 17.2 Å². The lowest BCUT2D eigenvalue weighted by Crippen LogP contribution is -2.33. The average Bonchev–Trinajstić information content (AvgIpc) is 3.28. The third-order valence-corrected chi connectivity index (χ3v) is 6.63. The number of piperidine rings is 1. The molecule has 0 unspecified atom stereocenters. The van der Waals surface area contributed by atoms with Crippen molar-refractivity contribution in [2.75, 3.05) is 18.0 Å². The first-order valence-corrected chi connectivity index (χ1v) is 12.0. The number of rotatable bonds is 5. The summed E-state index contributed by atoms with van der Waals surface area (Å²) in [6.07, 6.45) is 3.24. The molecule has 8 nitrogen and oxygen atoms in total.